The highest BCUT2D eigenvalue weighted by atomic mass is 32.2. The Morgan fingerprint density at radius 1 is 1.29 bits per heavy atom. The summed E-state index contributed by atoms with van der Waals surface area (Å²) in [5.74, 6) is 0. The number of hydrogen-bond donors (Lipinski definition) is 2. The van der Waals surface area contributed by atoms with E-state index in [1.54, 1.807) is 11.2 Å². The second kappa shape index (κ2) is 7.38. The zero-order valence-electron chi connectivity index (χ0n) is 13.9. The summed E-state index contributed by atoms with van der Waals surface area (Å²) < 4.78 is 27.4. The molecule has 0 aliphatic rings. The second-order valence-electron chi connectivity index (χ2n) is 5.87. The lowest BCUT2D eigenvalue weighted by atomic mass is 10.3. The zero-order chi connectivity index (χ0) is 16.2. The van der Waals surface area contributed by atoms with Crippen LogP contribution in [0.3, 0.4) is 0 Å². The topological polar surface area (TPSA) is 78.1 Å². The van der Waals surface area contributed by atoms with Crippen LogP contribution in [0.2, 0.25) is 0 Å². The van der Waals surface area contributed by atoms with Crippen molar-refractivity contribution >= 4 is 10.0 Å². The molecule has 0 fully saturated rings. The highest BCUT2D eigenvalue weighted by molar-refractivity contribution is 7.89. The van der Waals surface area contributed by atoms with E-state index in [1.807, 2.05) is 34.6 Å². The molecule has 1 rings (SSSR count). The van der Waals surface area contributed by atoms with Crippen molar-refractivity contribution in [3.8, 4) is 0 Å². The van der Waals surface area contributed by atoms with E-state index in [4.69, 9.17) is 0 Å². The number of nitrogens with one attached hydrogen (secondary N) is 2. The quantitative estimate of drug-likeness (QED) is 0.769. The Labute approximate surface area is 128 Å². The molecule has 0 spiro atoms. The van der Waals surface area contributed by atoms with Crippen LogP contribution in [-0.2, 0) is 16.6 Å². The SMILES string of the molecule is CCCN(C(C)C)S(=O)(=O)c1c(CNC(C)C)n[nH]c1C. The minimum absolute atomic E-state index is 0.0739. The standard InChI is InChI=1S/C14H28N4O2S/c1-7-8-18(11(4)5)21(19,20)14-12(6)16-17-13(14)9-15-10(2)3/h10-11,15H,7-9H2,1-6H3,(H,16,17). The van der Waals surface area contributed by atoms with Crippen molar-refractivity contribution in [1.29, 1.82) is 0 Å². The van der Waals surface area contributed by atoms with Gasteiger partial charge in [-0.25, -0.2) is 8.42 Å². The Morgan fingerprint density at radius 3 is 2.38 bits per heavy atom. The predicted octanol–water partition coefficient (Wildman–Crippen LogP) is 2.03. The van der Waals surface area contributed by atoms with Gasteiger partial charge in [0.25, 0.3) is 0 Å². The Balaban J connectivity index is 3.20. The van der Waals surface area contributed by atoms with Gasteiger partial charge in [-0.1, -0.05) is 20.8 Å². The Kier molecular flexibility index (Phi) is 6.37. The normalized spacial score (nSPS) is 12.8. The summed E-state index contributed by atoms with van der Waals surface area (Å²) in [6.07, 6.45) is 0.786. The van der Waals surface area contributed by atoms with E-state index >= 15 is 0 Å². The van der Waals surface area contributed by atoms with E-state index in [1.165, 1.54) is 0 Å². The van der Waals surface area contributed by atoms with Crippen LogP contribution in [0.15, 0.2) is 4.90 Å². The van der Waals surface area contributed by atoms with Gasteiger partial charge in [0.1, 0.15) is 4.90 Å². The number of hydrogen-bond acceptors (Lipinski definition) is 4. The molecule has 0 saturated carbocycles. The minimum atomic E-state index is -3.53. The lowest BCUT2D eigenvalue weighted by Crippen LogP contribution is -2.38. The van der Waals surface area contributed by atoms with Crippen molar-refractivity contribution in [2.24, 2.45) is 0 Å². The summed E-state index contributed by atoms with van der Waals surface area (Å²) in [7, 11) is -3.53. The maximum atomic E-state index is 12.9. The number of sulfonamides is 1. The fourth-order valence-electron chi connectivity index (χ4n) is 2.23. The Bertz CT molecular complexity index is 549. The molecule has 122 valence electrons. The molecule has 7 heteroatoms. The summed E-state index contributed by atoms with van der Waals surface area (Å²) in [6, 6.07) is 0.199. The molecule has 1 heterocycles. The van der Waals surface area contributed by atoms with Gasteiger partial charge in [0.2, 0.25) is 10.0 Å². The van der Waals surface area contributed by atoms with Crippen LogP contribution in [0.4, 0.5) is 0 Å². The first-order valence-electron chi connectivity index (χ1n) is 7.50. The maximum Gasteiger partial charge on any atom is 0.247 e. The molecule has 0 bridgehead atoms. The predicted molar refractivity (Wildman–Crippen MR) is 84.6 cm³/mol. The van der Waals surface area contributed by atoms with Gasteiger partial charge in [0.05, 0.1) is 11.4 Å². The van der Waals surface area contributed by atoms with Gasteiger partial charge < -0.3 is 5.32 Å². The summed E-state index contributed by atoms with van der Waals surface area (Å²) in [5, 5.41) is 10.2. The van der Waals surface area contributed by atoms with Crippen molar-refractivity contribution in [2.45, 2.75) is 71.5 Å². The summed E-state index contributed by atoms with van der Waals surface area (Å²) in [6.45, 7) is 12.5. The number of H-pyrrole nitrogens is 1. The average Bonchev–Trinajstić information content (AvgIpc) is 2.74. The van der Waals surface area contributed by atoms with Crippen molar-refractivity contribution in [3.63, 3.8) is 0 Å². The fraction of sp³-hybridized carbons (Fsp3) is 0.786. The van der Waals surface area contributed by atoms with Gasteiger partial charge in [-0.05, 0) is 27.2 Å². The van der Waals surface area contributed by atoms with E-state index in [2.05, 4.69) is 15.5 Å². The third kappa shape index (κ3) is 4.28. The number of aromatic amines is 1. The first kappa shape index (κ1) is 18.1. The Morgan fingerprint density at radius 2 is 1.90 bits per heavy atom. The molecule has 1 aromatic rings. The molecule has 0 aliphatic carbocycles. The van der Waals surface area contributed by atoms with Gasteiger partial charge in [-0.3, -0.25) is 5.10 Å². The van der Waals surface area contributed by atoms with Crippen LogP contribution < -0.4 is 5.32 Å². The molecule has 2 N–H and O–H groups in total. The fourth-order valence-corrected chi connectivity index (χ4v) is 4.29. The minimum Gasteiger partial charge on any atom is -0.309 e. The lowest BCUT2D eigenvalue weighted by Gasteiger charge is -2.25. The molecule has 0 aliphatic heterocycles. The molecule has 0 amide bonds. The molecule has 0 atom stereocenters. The summed E-state index contributed by atoms with van der Waals surface area (Å²) in [4.78, 5) is 0.317. The third-order valence-corrected chi connectivity index (χ3v) is 5.51. The molecule has 21 heavy (non-hydrogen) atoms. The van der Waals surface area contributed by atoms with E-state index in [-0.39, 0.29) is 12.1 Å². The highest BCUT2D eigenvalue weighted by Gasteiger charge is 2.31. The van der Waals surface area contributed by atoms with Crippen molar-refractivity contribution in [3.05, 3.63) is 11.4 Å². The molecule has 6 nitrogen and oxygen atoms in total. The summed E-state index contributed by atoms with van der Waals surface area (Å²) in [5.41, 5.74) is 1.15. The van der Waals surface area contributed by atoms with Gasteiger partial charge >= 0.3 is 0 Å². The van der Waals surface area contributed by atoms with Crippen molar-refractivity contribution in [1.82, 2.24) is 19.8 Å². The van der Waals surface area contributed by atoms with Gasteiger partial charge in [0.15, 0.2) is 0 Å². The maximum absolute atomic E-state index is 12.9. The van der Waals surface area contributed by atoms with Crippen LogP contribution in [0, 0.1) is 6.92 Å². The van der Waals surface area contributed by atoms with E-state index in [0.29, 0.717) is 29.4 Å². The molecular weight excluding hydrogens is 288 g/mol. The zero-order valence-corrected chi connectivity index (χ0v) is 14.7. The first-order valence-corrected chi connectivity index (χ1v) is 8.94. The molecule has 0 saturated heterocycles. The highest BCUT2D eigenvalue weighted by Crippen LogP contribution is 2.24. The van der Waals surface area contributed by atoms with E-state index in [9.17, 15) is 8.42 Å². The molecule has 0 unspecified atom stereocenters. The first-order chi connectivity index (χ1) is 9.71. The molecule has 1 aromatic heterocycles. The molecule has 0 aromatic carbocycles. The lowest BCUT2D eigenvalue weighted by molar-refractivity contribution is 0.353. The van der Waals surface area contributed by atoms with Crippen LogP contribution in [0.5, 0.6) is 0 Å². The van der Waals surface area contributed by atoms with Gasteiger partial charge in [-0.15, -0.1) is 0 Å². The number of aryl methyl sites for hydroxylation is 1. The summed E-state index contributed by atoms with van der Waals surface area (Å²) >= 11 is 0. The van der Waals surface area contributed by atoms with E-state index < -0.39 is 10.0 Å². The number of rotatable bonds is 8. The van der Waals surface area contributed by atoms with Crippen LogP contribution in [-0.4, -0.2) is 41.5 Å². The van der Waals surface area contributed by atoms with Crippen LogP contribution in [0.1, 0.15) is 52.4 Å². The molecular formula is C14H28N4O2S. The van der Waals surface area contributed by atoms with Crippen molar-refractivity contribution in [2.75, 3.05) is 6.54 Å². The largest absolute Gasteiger partial charge is 0.309 e. The van der Waals surface area contributed by atoms with Crippen LogP contribution >= 0.6 is 0 Å². The van der Waals surface area contributed by atoms with Gasteiger partial charge in [0, 0.05) is 25.2 Å². The van der Waals surface area contributed by atoms with Gasteiger partial charge in [-0.2, -0.15) is 9.40 Å². The monoisotopic (exact) mass is 316 g/mol. The average molecular weight is 316 g/mol. The van der Waals surface area contributed by atoms with Crippen LogP contribution in [0.25, 0.3) is 0 Å². The number of nitrogens with zero attached hydrogens (tertiary/aromatic N) is 2. The number of aromatic nitrogens is 2. The molecule has 0 radical (unpaired) electrons. The Hall–Kier alpha value is -0.920. The van der Waals surface area contributed by atoms with Crippen molar-refractivity contribution < 1.29 is 8.42 Å². The van der Waals surface area contributed by atoms with E-state index in [0.717, 1.165) is 6.42 Å². The smallest absolute Gasteiger partial charge is 0.247 e. The third-order valence-electron chi connectivity index (χ3n) is 3.23. The second-order valence-corrected chi connectivity index (χ2v) is 7.70.